The van der Waals surface area contributed by atoms with Crippen LogP contribution in [0, 0.1) is 0 Å². The number of carbonyl (C=O) groups excluding carboxylic acids is 1. The molecule has 0 bridgehead atoms. The Bertz CT molecular complexity index is 744. The van der Waals surface area contributed by atoms with Gasteiger partial charge in [-0.05, 0) is 42.2 Å². The standard InChI is InChI=1S/C18H16ClNO2/c19-14-6-8-17-13(9-14)10-20(18(21)11-22-17)16-7-5-12-3-1-2-4-15(12)16/h1-4,6,8-9,16H,5,7,10-11H2/t16-/m0/s1. The molecule has 1 aliphatic carbocycles. The molecule has 1 atom stereocenters. The van der Waals surface area contributed by atoms with Crippen LogP contribution in [0.4, 0.5) is 0 Å². The molecule has 1 aliphatic heterocycles. The van der Waals surface area contributed by atoms with Gasteiger partial charge in [-0.1, -0.05) is 35.9 Å². The van der Waals surface area contributed by atoms with E-state index in [0.717, 1.165) is 24.2 Å². The highest BCUT2D eigenvalue weighted by atomic mass is 35.5. The van der Waals surface area contributed by atoms with Gasteiger partial charge in [0, 0.05) is 10.6 Å². The number of ether oxygens (including phenoxy) is 1. The lowest BCUT2D eigenvalue weighted by atomic mass is 10.1. The van der Waals surface area contributed by atoms with E-state index in [1.165, 1.54) is 11.1 Å². The van der Waals surface area contributed by atoms with Gasteiger partial charge in [0.1, 0.15) is 5.75 Å². The Balaban J connectivity index is 1.71. The molecule has 1 heterocycles. The maximum atomic E-state index is 12.5. The molecule has 0 unspecified atom stereocenters. The summed E-state index contributed by atoms with van der Waals surface area (Å²) >= 11 is 6.10. The predicted molar refractivity (Wildman–Crippen MR) is 85.0 cm³/mol. The quantitative estimate of drug-likeness (QED) is 0.802. The largest absolute Gasteiger partial charge is 0.483 e. The molecular weight excluding hydrogens is 298 g/mol. The Morgan fingerprint density at radius 2 is 2.00 bits per heavy atom. The van der Waals surface area contributed by atoms with E-state index in [0.29, 0.717) is 11.6 Å². The van der Waals surface area contributed by atoms with Crippen LogP contribution in [0.2, 0.25) is 5.02 Å². The summed E-state index contributed by atoms with van der Waals surface area (Å²) in [6.45, 7) is 0.640. The van der Waals surface area contributed by atoms with E-state index in [4.69, 9.17) is 16.3 Å². The smallest absolute Gasteiger partial charge is 0.261 e. The van der Waals surface area contributed by atoms with Gasteiger partial charge in [0.2, 0.25) is 0 Å². The number of hydrogen-bond donors (Lipinski definition) is 0. The van der Waals surface area contributed by atoms with Gasteiger partial charge in [-0.25, -0.2) is 0 Å². The summed E-state index contributed by atoms with van der Waals surface area (Å²) in [6, 6.07) is 14.1. The van der Waals surface area contributed by atoms with Crippen LogP contribution in [-0.4, -0.2) is 17.4 Å². The Morgan fingerprint density at radius 3 is 2.91 bits per heavy atom. The molecule has 0 saturated heterocycles. The Morgan fingerprint density at radius 1 is 1.14 bits per heavy atom. The van der Waals surface area contributed by atoms with Crippen molar-refractivity contribution >= 4 is 17.5 Å². The van der Waals surface area contributed by atoms with Gasteiger partial charge in [-0.15, -0.1) is 0 Å². The van der Waals surface area contributed by atoms with Crippen LogP contribution in [0.25, 0.3) is 0 Å². The lowest BCUT2D eigenvalue weighted by Gasteiger charge is -2.28. The van der Waals surface area contributed by atoms with Gasteiger partial charge in [-0.3, -0.25) is 4.79 Å². The van der Waals surface area contributed by atoms with Crippen molar-refractivity contribution < 1.29 is 9.53 Å². The van der Waals surface area contributed by atoms with E-state index in [-0.39, 0.29) is 18.6 Å². The second-order valence-corrected chi connectivity index (χ2v) is 6.25. The van der Waals surface area contributed by atoms with Crippen molar-refractivity contribution in [3.8, 4) is 5.75 Å². The molecule has 2 aliphatic rings. The first-order valence-electron chi connectivity index (χ1n) is 7.51. The van der Waals surface area contributed by atoms with Gasteiger partial charge < -0.3 is 9.64 Å². The number of fused-ring (bicyclic) bond motifs is 2. The van der Waals surface area contributed by atoms with Crippen LogP contribution in [0.1, 0.15) is 29.2 Å². The molecule has 3 nitrogen and oxygen atoms in total. The SMILES string of the molecule is O=C1COc2ccc(Cl)cc2CN1[C@H]1CCc2ccccc21. The maximum absolute atomic E-state index is 12.5. The van der Waals surface area contributed by atoms with E-state index < -0.39 is 0 Å². The Labute approximate surface area is 134 Å². The fourth-order valence-electron chi connectivity index (χ4n) is 3.45. The molecule has 0 saturated carbocycles. The van der Waals surface area contributed by atoms with Gasteiger partial charge in [-0.2, -0.15) is 0 Å². The number of halogens is 1. The van der Waals surface area contributed by atoms with E-state index in [1.807, 2.05) is 23.1 Å². The summed E-state index contributed by atoms with van der Waals surface area (Å²) in [4.78, 5) is 14.5. The van der Waals surface area contributed by atoms with Gasteiger partial charge >= 0.3 is 0 Å². The van der Waals surface area contributed by atoms with Crippen molar-refractivity contribution in [1.29, 1.82) is 0 Å². The predicted octanol–water partition coefficient (Wildman–Crippen LogP) is 3.75. The lowest BCUT2D eigenvalue weighted by Crippen LogP contribution is -2.35. The van der Waals surface area contributed by atoms with Crippen molar-refractivity contribution in [2.45, 2.75) is 25.4 Å². The molecule has 4 heteroatoms. The van der Waals surface area contributed by atoms with Crippen LogP contribution in [0.3, 0.4) is 0 Å². The Hall–Kier alpha value is -2.00. The van der Waals surface area contributed by atoms with Crippen LogP contribution < -0.4 is 4.74 Å². The first kappa shape index (κ1) is 13.6. The van der Waals surface area contributed by atoms with Crippen molar-refractivity contribution in [3.05, 3.63) is 64.2 Å². The molecule has 2 aromatic carbocycles. The molecule has 112 valence electrons. The van der Waals surface area contributed by atoms with Crippen LogP contribution in [0.15, 0.2) is 42.5 Å². The number of rotatable bonds is 1. The number of amides is 1. The minimum atomic E-state index is 0.0361. The topological polar surface area (TPSA) is 29.5 Å². The van der Waals surface area contributed by atoms with Crippen molar-refractivity contribution in [3.63, 3.8) is 0 Å². The third-order valence-corrected chi connectivity index (χ3v) is 4.75. The van der Waals surface area contributed by atoms with Crippen LogP contribution in [0.5, 0.6) is 5.75 Å². The highest BCUT2D eigenvalue weighted by Crippen LogP contribution is 2.38. The van der Waals surface area contributed by atoms with Gasteiger partial charge in [0.25, 0.3) is 5.91 Å². The molecule has 1 amide bonds. The van der Waals surface area contributed by atoms with Crippen molar-refractivity contribution in [2.24, 2.45) is 0 Å². The van der Waals surface area contributed by atoms with Crippen LogP contribution in [-0.2, 0) is 17.8 Å². The highest BCUT2D eigenvalue weighted by Gasteiger charge is 2.33. The first-order valence-corrected chi connectivity index (χ1v) is 7.88. The number of nitrogens with zero attached hydrogens (tertiary/aromatic N) is 1. The first-order chi connectivity index (χ1) is 10.7. The van der Waals surface area contributed by atoms with Crippen LogP contribution >= 0.6 is 11.6 Å². The third-order valence-electron chi connectivity index (χ3n) is 4.51. The van der Waals surface area contributed by atoms with E-state index in [9.17, 15) is 4.79 Å². The minimum absolute atomic E-state index is 0.0361. The molecule has 0 spiro atoms. The zero-order chi connectivity index (χ0) is 15.1. The molecule has 0 radical (unpaired) electrons. The monoisotopic (exact) mass is 313 g/mol. The number of carbonyl (C=O) groups is 1. The zero-order valence-electron chi connectivity index (χ0n) is 12.1. The van der Waals surface area contributed by atoms with E-state index >= 15 is 0 Å². The second-order valence-electron chi connectivity index (χ2n) is 5.82. The number of hydrogen-bond acceptors (Lipinski definition) is 2. The molecule has 0 fully saturated rings. The fourth-order valence-corrected chi connectivity index (χ4v) is 3.64. The number of aryl methyl sites for hydroxylation is 1. The molecule has 0 aromatic heterocycles. The molecular formula is C18H16ClNO2. The average Bonchev–Trinajstić information content (AvgIpc) is 2.88. The minimum Gasteiger partial charge on any atom is -0.483 e. The molecule has 0 N–H and O–H groups in total. The van der Waals surface area contributed by atoms with Crippen molar-refractivity contribution in [1.82, 2.24) is 4.90 Å². The third kappa shape index (κ3) is 2.26. The average molecular weight is 314 g/mol. The summed E-state index contributed by atoms with van der Waals surface area (Å²) in [5.41, 5.74) is 3.58. The Kier molecular flexibility index (Phi) is 3.30. The fraction of sp³-hybridized carbons (Fsp3) is 0.278. The summed E-state index contributed by atoms with van der Waals surface area (Å²) in [5.74, 6) is 0.792. The normalized spacial score (nSPS) is 20.1. The highest BCUT2D eigenvalue weighted by molar-refractivity contribution is 6.30. The summed E-state index contributed by atoms with van der Waals surface area (Å²) in [5, 5.41) is 0.670. The lowest BCUT2D eigenvalue weighted by molar-refractivity contribution is -0.135. The van der Waals surface area contributed by atoms with Gasteiger partial charge in [0.15, 0.2) is 6.61 Å². The maximum Gasteiger partial charge on any atom is 0.261 e. The summed E-state index contributed by atoms with van der Waals surface area (Å²) < 4.78 is 5.64. The number of benzene rings is 2. The summed E-state index contributed by atoms with van der Waals surface area (Å²) in [7, 11) is 0. The molecule has 22 heavy (non-hydrogen) atoms. The second kappa shape index (κ2) is 5.33. The van der Waals surface area contributed by atoms with E-state index in [1.54, 1.807) is 6.07 Å². The van der Waals surface area contributed by atoms with Gasteiger partial charge in [0.05, 0.1) is 12.6 Å². The summed E-state index contributed by atoms with van der Waals surface area (Å²) in [6.07, 6.45) is 1.99. The molecule has 4 rings (SSSR count). The van der Waals surface area contributed by atoms with E-state index in [2.05, 4.69) is 18.2 Å². The van der Waals surface area contributed by atoms with Crippen molar-refractivity contribution in [2.75, 3.05) is 6.61 Å². The zero-order valence-corrected chi connectivity index (χ0v) is 12.8. The molecule has 2 aromatic rings.